The number of ether oxygens (including phenoxy) is 2. The molecule has 0 amide bonds. The number of benzene rings is 1. The van der Waals surface area contributed by atoms with Gasteiger partial charge in [-0.3, -0.25) is 0 Å². The standard InChI is InChI=1S/C16H26O2/c1-13(2)17-11-6-12-18-15-9-7-14(8-10-15)16(3,4)5/h7-10,13H,6,11-12H2,1-5H3. The molecule has 18 heavy (non-hydrogen) atoms. The van der Waals surface area contributed by atoms with Crippen molar-refractivity contribution >= 4 is 0 Å². The van der Waals surface area contributed by atoms with Gasteiger partial charge in [0.1, 0.15) is 5.75 Å². The van der Waals surface area contributed by atoms with E-state index in [1.165, 1.54) is 5.56 Å². The molecule has 0 radical (unpaired) electrons. The van der Waals surface area contributed by atoms with E-state index in [1.807, 2.05) is 26.0 Å². The van der Waals surface area contributed by atoms with Crippen molar-refractivity contribution in [1.29, 1.82) is 0 Å². The molecule has 0 spiro atoms. The minimum atomic E-state index is 0.198. The van der Waals surface area contributed by atoms with Crippen LogP contribution in [-0.4, -0.2) is 19.3 Å². The fraction of sp³-hybridized carbons (Fsp3) is 0.625. The van der Waals surface area contributed by atoms with Gasteiger partial charge in [0.2, 0.25) is 0 Å². The van der Waals surface area contributed by atoms with E-state index >= 15 is 0 Å². The molecule has 2 heteroatoms. The summed E-state index contributed by atoms with van der Waals surface area (Å²) in [6, 6.07) is 8.37. The van der Waals surface area contributed by atoms with Crippen LogP contribution in [-0.2, 0) is 10.2 Å². The van der Waals surface area contributed by atoms with Gasteiger partial charge in [-0.2, -0.15) is 0 Å². The molecule has 2 nitrogen and oxygen atoms in total. The zero-order chi connectivity index (χ0) is 13.6. The van der Waals surface area contributed by atoms with Gasteiger partial charge in [0.25, 0.3) is 0 Å². The molecule has 0 atom stereocenters. The van der Waals surface area contributed by atoms with Gasteiger partial charge < -0.3 is 9.47 Å². The molecule has 0 aliphatic carbocycles. The highest BCUT2D eigenvalue weighted by Crippen LogP contribution is 2.24. The van der Waals surface area contributed by atoms with Gasteiger partial charge in [-0.15, -0.1) is 0 Å². The highest BCUT2D eigenvalue weighted by molar-refractivity contribution is 5.31. The van der Waals surface area contributed by atoms with Crippen molar-refractivity contribution in [1.82, 2.24) is 0 Å². The molecule has 1 aromatic carbocycles. The molecule has 1 aromatic rings. The molecular formula is C16H26O2. The summed E-state index contributed by atoms with van der Waals surface area (Å²) < 4.78 is 11.1. The lowest BCUT2D eigenvalue weighted by molar-refractivity contribution is 0.0694. The number of hydrogen-bond acceptors (Lipinski definition) is 2. The Morgan fingerprint density at radius 2 is 1.61 bits per heavy atom. The molecule has 0 aliphatic rings. The van der Waals surface area contributed by atoms with Crippen LogP contribution in [0.5, 0.6) is 5.75 Å². The summed E-state index contributed by atoms with van der Waals surface area (Å²) in [6.07, 6.45) is 1.23. The van der Waals surface area contributed by atoms with Crippen LogP contribution in [0.1, 0.15) is 46.6 Å². The van der Waals surface area contributed by atoms with E-state index in [-0.39, 0.29) is 5.41 Å². The summed E-state index contributed by atoms with van der Waals surface area (Å²) in [4.78, 5) is 0. The van der Waals surface area contributed by atoms with Crippen LogP contribution in [0.4, 0.5) is 0 Å². The molecule has 0 fully saturated rings. The smallest absolute Gasteiger partial charge is 0.119 e. The first-order chi connectivity index (χ1) is 8.39. The van der Waals surface area contributed by atoms with Crippen molar-refractivity contribution in [3.63, 3.8) is 0 Å². The van der Waals surface area contributed by atoms with E-state index in [1.54, 1.807) is 0 Å². The Labute approximate surface area is 111 Å². The Bertz CT molecular complexity index is 333. The monoisotopic (exact) mass is 250 g/mol. The lowest BCUT2D eigenvalue weighted by atomic mass is 9.87. The normalized spacial score (nSPS) is 11.9. The third-order valence-corrected chi connectivity index (χ3v) is 2.73. The lowest BCUT2D eigenvalue weighted by Gasteiger charge is -2.19. The third-order valence-electron chi connectivity index (χ3n) is 2.73. The van der Waals surface area contributed by atoms with Crippen LogP contribution in [0.25, 0.3) is 0 Å². The molecule has 0 bridgehead atoms. The summed E-state index contributed by atoms with van der Waals surface area (Å²) in [5, 5.41) is 0. The Morgan fingerprint density at radius 3 is 2.11 bits per heavy atom. The Hall–Kier alpha value is -1.02. The van der Waals surface area contributed by atoms with Crippen LogP contribution >= 0.6 is 0 Å². The number of hydrogen-bond donors (Lipinski definition) is 0. The summed E-state index contributed by atoms with van der Waals surface area (Å²) in [5.74, 6) is 0.938. The van der Waals surface area contributed by atoms with Crippen LogP contribution in [0.15, 0.2) is 24.3 Å². The molecule has 0 N–H and O–H groups in total. The van der Waals surface area contributed by atoms with Crippen LogP contribution in [0, 0.1) is 0 Å². The predicted octanol–water partition coefficient (Wildman–Crippen LogP) is 4.18. The Kier molecular flexibility index (Phi) is 5.67. The lowest BCUT2D eigenvalue weighted by Crippen LogP contribution is -2.11. The second-order valence-electron chi connectivity index (χ2n) is 5.90. The van der Waals surface area contributed by atoms with Crippen molar-refractivity contribution in [2.24, 2.45) is 0 Å². The average molecular weight is 250 g/mol. The molecule has 0 aliphatic heterocycles. The van der Waals surface area contributed by atoms with E-state index in [2.05, 4.69) is 32.9 Å². The van der Waals surface area contributed by atoms with Crippen molar-refractivity contribution in [2.75, 3.05) is 13.2 Å². The third kappa shape index (κ3) is 5.54. The minimum Gasteiger partial charge on any atom is -0.494 e. The van der Waals surface area contributed by atoms with Gasteiger partial charge in [-0.25, -0.2) is 0 Å². The van der Waals surface area contributed by atoms with Gasteiger partial charge >= 0.3 is 0 Å². The maximum absolute atomic E-state index is 5.68. The van der Waals surface area contributed by atoms with Crippen molar-refractivity contribution < 1.29 is 9.47 Å². The fourth-order valence-electron chi connectivity index (χ4n) is 1.62. The Morgan fingerprint density at radius 1 is 1.00 bits per heavy atom. The minimum absolute atomic E-state index is 0.198. The first-order valence-electron chi connectivity index (χ1n) is 6.74. The van der Waals surface area contributed by atoms with E-state index in [4.69, 9.17) is 9.47 Å². The van der Waals surface area contributed by atoms with E-state index < -0.39 is 0 Å². The summed E-state index contributed by atoms with van der Waals surface area (Å²) >= 11 is 0. The molecule has 0 unspecified atom stereocenters. The van der Waals surface area contributed by atoms with Gasteiger partial charge in [0, 0.05) is 6.42 Å². The SMILES string of the molecule is CC(C)OCCCOc1ccc(C(C)(C)C)cc1. The van der Waals surface area contributed by atoms with Crippen molar-refractivity contribution in [2.45, 2.75) is 52.6 Å². The first-order valence-corrected chi connectivity index (χ1v) is 6.74. The van der Waals surface area contributed by atoms with E-state index in [0.29, 0.717) is 12.7 Å². The molecular weight excluding hydrogens is 224 g/mol. The second kappa shape index (κ2) is 6.79. The zero-order valence-electron chi connectivity index (χ0n) is 12.3. The van der Waals surface area contributed by atoms with Crippen LogP contribution in [0.3, 0.4) is 0 Å². The molecule has 0 heterocycles. The summed E-state index contributed by atoms with van der Waals surface area (Å²) in [5.41, 5.74) is 1.53. The van der Waals surface area contributed by atoms with Gasteiger partial charge in [-0.1, -0.05) is 32.9 Å². The molecule has 102 valence electrons. The van der Waals surface area contributed by atoms with Gasteiger partial charge in [0.15, 0.2) is 0 Å². The van der Waals surface area contributed by atoms with Gasteiger partial charge in [-0.05, 0) is 37.0 Å². The van der Waals surface area contributed by atoms with Crippen molar-refractivity contribution in [3.8, 4) is 5.75 Å². The molecule has 0 saturated carbocycles. The van der Waals surface area contributed by atoms with Crippen LogP contribution < -0.4 is 4.74 Å². The topological polar surface area (TPSA) is 18.5 Å². The highest BCUT2D eigenvalue weighted by atomic mass is 16.5. The molecule has 0 saturated heterocycles. The average Bonchev–Trinajstić information content (AvgIpc) is 2.27. The highest BCUT2D eigenvalue weighted by Gasteiger charge is 2.12. The molecule has 1 rings (SSSR count). The second-order valence-corrected chi connectivity index (χ2v) is 5.90. The first kappa shape index (κ1) is 15.0. The largest absolute Gasteiger partial charge is 0.494 e. The summed E-state index contributed by atoms with van der Waals surface area (Å²) in [6.45, 7) is 12.2. The maximum atomic E-state index is 5.68. The van der Waals surface area contributed by atoms with Crippen molar-refractivity contribution in [3.05, 3.63) is 29.8 Å². The van der Waals surface area contributed by atoms with Gasteiger partial charge in [0.05, 0.1) is 19.3 Å². The summed E-state index contributed by atoms with van der Waals surface area (Å²) in [7, 11) is 0. The zero-order valence-corrected chi connectivity index (χ0v) is 12.3. The van der Waals surface area contributed by atoms with Crippen LogP contribution in [0.2, 0.25) is 0 Å². The predicted molar refractivity (Wildman–Crippen MR) is 76.3 cm³/mol. The van der Waals surface area contributed by atoms with E-state index in [9.17, 15) is 0 Å². The maximum Gasteiger partial charge on any atom is 0.119 e. The fourth-order valence-corrected chi connectivity index (χ4v) is 1.62. The van der Waals surface area contributed by atoms with E-state index in [0.717, 1.165) is 18.8 Å². The number of rotatable bonds is 6. The molecule has 0 aromatic heterocycles. The Balaban J connectivity index is 2.31. The quantitative estimate of drug-likeness (QED) is 0.705.